The van der Waals surface area contributed by atoms with E-state index in [1.54, 1.807) is 4.90 Å². The molecule has 0 unspecified atom stereocenters. The zero-order valence-corrected chi connectivity index (χ0v) is 17.5. The third-order valence-electron chi connectivity index (χ3n) is 4.77. The van der Waals surface area contributed by atoms with Gasteiger partial charge < -0.3 is 10.0 Å². The summed E-state index contributed by atoms with van der Waals surface area (Å²) in [6.07, 6.45) is 0.878. The Labute approximate surface area is 164 Å². The molecule has 7 heteroatoms. The van der Waals surface area contributed by atoms with Crippen LogP contribution >= 0.6 is 11.3 Å². The van der Waals surface area contributed by atoms with Gasteiger partial charge in [-0.05, 0) is 18.9 Å². The predicted octanol–water partition coefficient (Wildman–Crippen LogP) is 4.25. The number of aliphatic hydroxyl groups is 1. The summed E-state index contributed by atoms with van der Waals surface area (Å²) in [6.45, 7) is 10.9. The van der Waals surface area contributed by atoms with E-state index in [2.05, 4.69) is 37.9 Å². The number of unbranched alkanes of at least 4 members (excludes halogenated alkanes) is 1. The lowest BCUT2D eigenvalue weighted by molar-refractivity contribution is 0.118. The molecule has 1 aliphatic heterocycles. The van der Waals surface area contributed by atoms with Crippen molar-refractivity contribution in [1.29, 1.82) is 0 Å². The second kappa shape index (κ2) is 7.56. The summed E-state index contributed by atoms with van der Waals surface area (Å²) < 4.78 is 0. The monoisotopic (exact) mass is 388 g/mol. The Morgan fingerprint density at radius 3 is 2.41 bits per heavy atom. The Balaban J connectivity index is 1.97. The number of hydrogen-bond acceptors (Lipinski definition) is 5. The fourth-order valence-corrected chi connectivity index (χ4v) is 4.09. The molecule has 1 saturated heterocycles. The van der Waals surface area contributed by atoms with Crippen molar-refractivity contribution in [3.63, 3.8) is 0 Å². The zero-order valence-electron chi connectivity index (χ0n) is 16.6. The molecule has 2 aromatic rings. The van der Waals surface area contributed by atoms with Crippen molar-refractivity contribution in [3.05, 3.63) is 40.4 Å². The zero-order chi connectivity index (χ0) is 19.8. The van der Waals surface area contributed by atoms with Gasteiger partial charge in [0.2, 0.25) is 5.13 Å². The standard InChI is InChI=1S/C20H28N4O2S/c1-6-7-12-23-15(14-10-8-13(2)9-11-14)16(25)24(19(23)26)18-22-21-17(27-18)20(3,4)5/h8-11,15-16,25H,6-7,12H2,1-5H3/t15-,16-/m1/s1. The quantitative estimate of drug-likeness (QED) is 0.831. The minimum atomic E-state index is -0.988. The molecular weight excluding hydrogens is 360 g/mol. The fourth-order valence-electron chi connectivity index (χ4n) is 3.16. The van der Waals surface area contributed by atoms with Crippen molar-refractivity contribution in [3.8, 4) is 0 Å². The average Bonchev–Trinajstić information content (AvgIpc) is 3.17. The van der Waals surface area contributed by atoms with Crippen LogP contribution in [0.25, 0.3) is 0 Å². The van der Waals surface area contributed by atoms with Crippen LogP contribution in [0.5, 0.6) is 0 Å². The number of nitrogens with zero attached hydrogens (tertiary/aromatic N) is 4. The molecule has 0 saturated carbocycles. The van der Waals surface area contributed by atoms with Crippen molar-refractivity contribution in [2.24, 2.45) is 0 Å². The van der Waals surface area contributed by atoms with Gasteiger partial charge >= 0.3 is 6.03 Å². The third-order valence-corrected chi connectivity index (χ3v) is 6.12. The van der Waals surface area contributed by atoms with Gasteiger partial charge in [0.05, 0.1) is 0 Å². The molecule has 27 heavy (non-hydrogen) atoms. The number of rotatable bonds is 5. The Kier molecular flexibility index (Phi) is 5.53. The molecular formula is C20H28N4O2S. The van der Waals surface area contributed by atoms with Crippen molar-refractivity contribution in [2.75, 3.05) is 11.4 Å². The van der Waals surface area contributed by atoms with E-state index in [0.29, 0.717) is 11.7 Å². The Morgan fingerprint density at radius 1 is 1.19 bits per heavy atom. The smallest absolute Gasteiger partial charge is 0.329 e. The van der Waals surface area contributed by atoms with Crippen molar-refractivity contribution >= 4 is 22.5 Å². The lowest BCUT2D eigenvalue weighted by atomic mass is 9.98. The fraction of sp³-hybridized carbons (Fsp3) is 0.550. The van der Waals surface area contributed by atoms with E-state index in [1.807, 2.05) is 31.2 Å². The minimum Gasteiger partial charge on any atom is -0.370 e. The van der Waals surface area contributed by atoms with Gasteiger partial charge in [-0.2, -0.15) is 0 Å². The largest absolute Gasteiger partial charge is 0.370 e. The molecule has 1 aliphatic rings. The maximum atomic E-state index is 13.2. The number of aromatic nitrogens is 2. The van der Waals surface area contributed by atoms with Crippen LogP contribution in [0.1, 0.15) is 62.7 Å². The van der Waals surface area contributed by atoms with E-state index in [1.165, 1.54) is 16.2 Å². The van der Waals surface area contributed by atoms with Crippen LogP contribution in [0.4, 0.5) is 9.93 Å². The molecule has 2 heterocycles. The number of aliphatic hydroxyl groups excluding tert-OH is 1. The highest BCUT2D eigenvalue weighted by Crippen LogP contribution is 2.40. The first-order chi connectivity index (χ1) is 12.7. The number of anilines is 1. The first-order valence-corrected chi connectivity index (χ1v) is 10.2. The maximum absolute atomic E-state index is 13.2. The number of amides is 2. The summed E-state index contributed by atoms with van der Waals surface area (Å²) in [5.41, 5.74) is 1.93. The molecule has 2 amide bonds. The molecule has 6 nitrogen and oxygen atoms in total. The van der Waals surface area contributed by atoms with E-state index in [9.17, 15) is 9.90 Å². The van der Waals surface area contributed by atoms with Crippen LogP contribution in [-0.4, -0.2) is 39.0 Å². The Hall–Kier alpha value is -1.99. The van der Waals surface area contributed by atoms with Gasteiger partial charge in [0.1, 0.15) is 11.0 Å². The van der Waals surface area contributed by atoms with Gasteiger partial charge in [0, 0.05) is 12.0 Å². The summed E-state index contributed by atoms with van der Waals surface area (Å²) in [5.74, 6) is 0. The number of benzene rings is 1. The molecule has 1 aromatic carbocycles. The first-order valence-electron chi connectivity index (χ1n) is 9.42. The molecule has 3 rings (SSSR count). The SMILES string of the molecule is CCCCN1C(=O)N(c2nnc(C(C)(C)C)s2)[C@H](O)[C@H]1c1ccc(C)cc1. The molecule has 0 aliphatic carbocycles. The van der Waals surface area contributed by atoms with Crippen LogP contribution in [-0.2, 0) is 5.41 Å². The highest BCUT2D eigenvalue weighted by Gasteiger charge is 2.47. The molecule has 2 atom stereocenters. The van der Waals surface area contributed by atoms with Crippen LogP contribution in [0, 0.1) is 6.92 Å². The topological polar surface area (TPSA) is 69.6 Å². The predicted molar refractivity (Wildman–Crippen MR) is 108 cm³/mol. The average molecular weight is 389 g/mol. The normalized spacial score (nSPS) is 20.6. The van der Waals surface area contributed by atoms with E-state index in [4.69, 9.17) is 0 Å². The third kappa shape index (κ3) is 3.84. The molecule has 1 fully saturated rings. The van der Waals surface area contributed by atoms with Gasteiger partial charge in [-0.15, -0.1) is 10.2 Å². The number of aryl methyl sites for hydroxylation is 1. The van der Waals surface area contributed by atoms with Crippen molar-refractivity contribution in [2.45, 2.75) is 65.1 Å². The number of hydrogen-bond donors (Lipinski definition) is 1. The summed E-state index contributed by atoms with van der Waals surface area (Å²) in [7, 11) is 0. The van der Waals surface area contributed by atoms with E-state index < -0.39 is 12.3 Å². The Bertz CT molecular complexity index is 797. The molecule has 0 spiro atoms. The van der Waals surface area contributed by atoms with E-state index in [-0.39, 0.29) is 11.4 Å². The summed E-state index contributed by atoms with van der Waals surface area (Å²) in [6, 6.07) is 7.37. The van der Waals surface area contributed by atoms with Gasteiger partial charge in [-0.1, -0.05) is 75.3 Å². The molecule has 1 aromatic heterocycles. The van der Waals surface area contributed by atoms with Gasteiger partial charge in [-0.25, -0.2) is 9.69 Å². The maximum Gasteiger partial charge on any atom is 0.329 e. The molecule has 0 bridgehead atoms. The van der Waals surface area contributed by atoms with E-state index in [0.717, 1.165) is 29.0 Å². The van der Waals surface area contributed by atoms with E-state index >= 15 is 0 Å². The van der Waals surface area contributed by atoms with Crippen LogP contribution in [0.3, 0.4) is 0 Å². The molecule has 146 valence electrons. The van der Waals surface area contributed by atoms with Gasteiger partial charge in [-0.3, -0.25) is 0 Å². The minimum absolute atomic E-state index is 0.151. The second-order valence-electron chi connectivity index (χ2n) is 8.11. The van der Waals surface area contributed by atoms with Gasteiger partial charge in [0.15, 0.2) is 6.23 Å². The summed E-state index contributed by atoms with van der Waals surface area (Å²) in [5, 5.41) is 20.8. The first kappa shape index (κ1) is 19.8. The number of carbonyl (C=O) groups is 1. The summed E-state index contributed by atoms with van der Waals surface area (Å²) >= 11 is 1.37. The lowest BCUT2D eigenvalue weighted by Crippen LogP contribution is -2.35. The number of urea groups is 1. The van der Waals surface area contributed by atoms with Crippen LogP contribution in [0.2, 0.25) is 0 Å². The van der Waals surface area contributed by atoms with Gasteiger partial charge in [0.25, 0.3) is 0 Å². The van der Waals surface area contributed by atoms with Crippen molar-refractivity contribution < 1.29 is 9.90 Å². The van der Waals surface area contributed by atoms with Crippen LogP contribution in [0.15, 0.2) is 24.3 Å². The summed E-state index contributed by atoms with van der Waals surface area (Å²) in [4.78, 5) is 16.3. The molecule has 1 N–H and O–H groups in total. The second-order valence-corrected chi connectivity index (χ2v) is 9.06. The highest BCUT2D eigenvalue weighted by atomic mass is 32.1. The Morgan fingerprint density at radius 2 is 1.85 bits per heavy atom. The number of carbonyl (C=O) groups excluding carboxylic acids is 1. The highest BCUT2D eigenvalue weighted by molar-refractivity contribution is 7.15. The lowest BCUT2D eigenvalue weighted by Gasteiger charge is -2.24. The van der Waals surface area contributed by atoms with Crippen molar-refractivity contribution in [1.82, 2.24) is 15.1 Å². The van der Waals surface area contributed by atoms with Crippen LogP contribution < -0.4 is 4.90 Å². The molecule has 0 radical (unpaired) electrons.